The Labute approximate surface area is 380 Å². The Balaban J connectivity index is 4.29. The van der Waals surface area contributed by atoms with Crippen molar-refractivity contribution in [3.05, 3.63) is 0 Å². The van der Waals surface area contributed by atoms with E-state index in [1.165, 1.54) is 193 Å². The molecule has 0 unspecified atom stereocenters. The van der Waals surface area contributed by atoms with E-state index in [1.807, 2.05) is 0 Å². The van der Waals surface area contributed by atoms with Gasteiger partial charge >= 0.3 is 17.9 Å². The normalized spacial score (nSPS) is 12.0. The Morgan fingerprint density at radius 1 is 0.311 bits per heavy atom. The van der Waals surface area contributed by atoms with E-state index in [4.69, 9.17) is 14.2 Å². The maximum Gasteiger partial charge on any atom is 0.306 e. The van der Waals surface area contributed by atoms with Gasteiger partial charge < -0.3 is 14.2 Å². The van der Waals surface area contributed by atoms with Crippen molar-refractivity contribution in [3.8, 4) is 0 Å². The van der Waals surface area contributed by atoms with Crippen molar-refractivity contribution in [1.82, 2.24) is 0 Å². The average Bonchev–Trinajstić information content (AvgIpc) is 3.23. The van der Waals surface area contributed by atoms with Crippen LogP contribution in [0.15, 0.2) is 0 Å². The smallest absolute Gasteiger partial charge is 0.306 e. The molecule has 61 heavy (non-hydrogen) atoms. The van der Waals surface area contributed by atoms with Gasteiger partial charge in [0.2, 0.25) is 0 Å². The molecule has 0 heterocycles. The van der Waals surface area contributed by atoms with Gasteiger partial charge in [0.15, 0.2) is 6.10 Å². The van der Waals surface area contributed by atoms with E-state index in [1.54, 1.807) is 0 Å². The van der Waals surface area contributed by atoms with Crippen molar-refractivity contribution in [2.45, 2.75) is 310 Å². The van der Waals surface area contributed by atoms with Crippen molar-refractivity contribution in [1.29, 1.82) is 0 Å². The molecule has 0 fully saturated rings. The fraction of sp³-hybridized carbons (Fsp3) is 0.945. The summed E-state index contributed by atoms with van der Waals surface area (Å²) in [5.41, 5.74) is 0. The first-order valence-corrected chi connectivity index (χ1v) is 27.2. The van der Waals surface area contributed by atoms with Gasteiger partial charge in [-0.1, -0.05) is 266 Å². The van der Waals surface area contributed by atoms with Gasteiger partial charge in [0.05, 0.1) is 0 Å². The van der Waals surface area contributed by atoms with Crippen LogP contribution < -0.4 is 0 Å². The first kappa shape index (κ1) is 59.4. The maximum absolute atomic E-state index is 12.8. The molecule has 0 rings (SSSR count). The van der Waals surface area contributed by atoms with Gasteiger partial charge in [0, 0.05) is 19.3 Å². The van der Waals surface area contributed by atoms with Crippen molar-refractivity contribution in [2.24, 2.45) is 11.8 Å². The molecule has 0 aromatic heterocycles. The highest BCUT2D eigenvalue weighted by molar-refractivity contribution is 5.71. The van der Waals surface area contributed by atoms with Crippen molar-refractivity contribution in [2.75, 3.05) is 13.2 Å². The van der Waals surface area contributed by atoms with Gasteiger partial charge in [-0.25, -0.2) is 0 Å². The second-order valence-electron chi connectivity index (χ2n) is 19.8. The van der Waals surface area contributed by atoms with Gasteiger partial charge in [0.25, 0.3) is 0 Å². The lowest BCUT2D eigenvalue weighted by Crippen LogP contribution is -2.30. The zero-order valence-corrected chi connectivity index (χ0v) is 41.8. The molecule has 0 amide bonds. The molecule has 0 aliphatic heterocycles. The predicted molar refractivity (Wildman–Crippen MR) is 261 cm³/mol. The third-order valence-electron chi connectivity index (χ3n) is 12.5. The minimum absolute atomic E-state index is 0.0632. The molecule has 0 bridgehead atoms. The van der Waals surface area contributed by atoms with Crippen LogP contribution in [0.25, 0.3) is 0 Å². The van der Waals surface area contributed by atoms with Crippen molar-refractivity contribution in [3.63, 3.8) is 0 Å². The Hall–Kier alpha value is -1.59. The standard InChI is InChI=1S/C55H106O6/c1-6-7-8-9-10-11-12-15-20-27-32-37-42-47-55(58)61-52(49-60-54(57)46-41-36-31-26-22-21-24-29-34-39-44-51(4)5)48-59-53(56)45-40-35-30-25-19-17-14-13-16-18-23-28-33-38-43-50(2)3/h50-52H,6-49H2,1-5H3/t52-/m1/s1. The molecule has 0 N–H and O–H groups in total. The van der Waals surface area contributed by atoms with Gasteiger partial charge in [-0.2, -0.15) is 0 Å². The van der Waals surface area contributed by atoms with E-state index < -0.39 is 6.10 Å². The summed E-state index contributed by atoms with van der Waals surface area (Å²) in [7, 11) is 0. The third-order valence-corrected chi connectivity index (χ3v) is 12.5. The lowest BCUT2D eigenvalue weighted by Gasteiger charge is -2.18. The first-order valence-electron chi connectivity index (χ1n) is 27.2. The number of carbonyl (C=O) groups excluding carboxylic acids is 3. The highest BCUT2D eigenvalue weighted by Crippen LogP contribution is 2.18. The molecule has 0 aromatic rings. The lowest BCUT2D eigenvalue weighted by molar-refractivity contribution is -0.167. The van der Waals surface area contributed by atoms with E-state index in [0.717, 1.165) is 69.6 Å². The number of hydrogen-bond donors (Lipinski definition) is 0. The van der Waals surface area contributed by atoms with Crippen molar-refractivity contribution < 1.29 is 28.6 Å². The molecule has 1 atom stereocenters. The van der Waals surface area contributed by atoms with Gasteiger partial charge in [-0.05, 0) is 31.1 Å². The molecule has 0 aromatic carbocycles. The second-order valence-corrected chi connectivity index (χ2v) is 19.8. The van der Waals surface area contributed by atoms with E-state index in [-0.39, 0.29) is 31.1 Å². The van der Waals surface area contributed by atoms with E-state index >= 15 is 0 Å². The summed E-state index contributed by atoms with van der Waals surface area (Å²) >= 11 is 0. The number of esters is 3. The minimum Gasteiger partial charge on any atom is -0.462 e. The van der Waals surface area contributed by atoms with Gasteiger partial charge in [0.1, 0.15) is 13.2 Å². The molecule has 0 saturated carbocycles. The zero-order valence-electron chi connectivity index (χ0n) is 41.8. The molecule has 362 valence electrons. The molecular formula is C55H106O6. The van der Waals surface area contributed by atoms with E-state index in [0.29, 0.717) is 19.3 Å². The summed E-state index contributed by atoms with van der Waals surface area (Å²) in [6.45, 7) is 11.4. The van der Waals surface area contributed by atoms with Crippen LogP contribution in [-0.4, -0.2) is 37.2 Å². The average molecular weight is 863 g/mol. The summed E-state index contributed by atoms with van der Waals surface area (Å²) in [6, 6.07) is 0. The van der Waals surface area contributed by atoms with Crippen LogP contribution in [0.2, 0.25) is 0 Å². The number of hydrogen-bond acceptors (Lipinski definition) is 6. The Morgan fingerprint density at radius 2 is 0.541 bits per heavy atom. The topological polar surface area (TPSA) is 78.9 Å². The number of rotatable bonds is 49. The predicted octanol–water partition coefficient (Wildman–Crippen LogP) is 17.7. The zero-order chi connectivity index (χ0) is 44.7. The number of unbranched alkanes of at least 4 members (excludes halogenated alkanes) is 34. The molecular weight excluding hydrogens is 757 g/mol. The van der Waals surface area contributed by atoms with Gasteiger partial charge in [-0.3, -0.25) is 14.4 Å². The Bertz CT molecular complexity index is 931. The van der Waals surface area contributed by atoms with Crippen LogP contribution in [0.3, 0.4) is 0 Å². The first-order chi connectivity index (χ1) is 29.7. The van der Waals surface area contributed by atoms with E-state index in [2.05, 4.69) is 34.6 Å². The van der Waals surface area contributed by atoms with Crippen LogP contribution in [0.5, 0.6) is 0 Å². The summed E-state index contributed by atoms with van der Waals surface area (Å²) < 4.78 is 16.8. The van der Waals surface area contributed by atoms with Crippen LogP contribution in [-0.2, 0) is 28.6 Å². The van der Waals surface area contributed by atoms with Crippen LogP contribution >= 0.6 is 0 Å². The summed E-state index contributed by atoms with van der Waals surface area (Å²) in [4.78, 5) is 38.0. The molecule has 0 aliphatic carbocycles. The lowest BCUT2D eigenvalue weighted by atomic mass is 10.0. The molecule has 6 heteroatoms. The summed E-state index contributed by atoms with van der Waals surface area (Å²) in [5, 5.41) is 0. The van der Waals surface area contributed by atoms with Crippen LogP contribution in [0, 0.1) is 11.8 Å². The summed E-state index contributed by atoms with van der Waals surface area (Å²) in [6.07, 6.45) is 49.4. The molecule has 0 spiro atoms. The third kappa shape index (κ3) is 49.3. The monoisotopic (exact) mass is 863 g/mol. The van der Waals surface area contributed by atoms with Gasteiger partial charge in [-0.15, -0.1) is 0 Å². The Kier molecular flexibility index (Phi) is 46.6. The Morgan fingerprint density at radius 3 is 0.803 bits per heavy atom. The largest absolute Gasteiger partial charge is 0.462 e. The molecule has 0 aliphatic rings. The molecule has 6 nitrogen and oxygen atoms in total. The maximum atomic E-state index is 12.8. The van der Waals surface area contributed by atoms with Crippen LogP contribution in [0.1, 0.15) is 304 Å². The fourth-order valence-corrected chi connectivity index (χ4v) is 8.34. The molecule has 0 radical (unpaired) electrons. The fourth-order valence-electron chi connectivity index (χ4n) is 8.34. The highest BCUT2D eigenvalue weighted by Gasteiger charge is 2.19. The SMILES string of the molecule is CCCCCCCCCCCCCCCC(=O)O[C@H](COC(=O)CCCCCCCCCCCCCCCCC(C)C)COC(=O)CCCCCCCCCCCCC(C)C. The molecule has 0 saturated heterocycles. The van der Waals surface area contributed by atoms with Crippen LogP contribution in [0.4, 0.5) is 0 Å². The quantitative estimate of drug-likeness (QED) is 0.0344. The number of carbonyl (C=O) groups is 3. The minimum atomic E-state index is -0.762. The highest BCUT2D eigenvalue weighted by atomic mass is 16.6. The van der Waals surface area contributed by atoms with Crippen molar-refractivity contribution >= 4 is 17.9 Å². The van der Waals surface area contributed by atoms with E-state index in [9.17, 15) is 14.4 Å². The second kappa shape index (κ2) is 47.9. The summed E-state index contributed by atoms with van der Waals surface area (Å²) in [5.74, 6) is 0.819. The number of ether oxygens (including phenoxy) is 3.